The van der Waals surface area contributed by atoms with Gasteiger partial charge in [0.2, 0.25) is 0 Å². The van der Waals surface area contributed by atoms with E-state index in [-0.39, 0.29) is 18.6 Å². The Labute approximate surface area is 156 Å². The van der Waals surface area contributed by atoms with E-state index >= 15 is 0 Å². The number of ether oxygens (including phenoxy) is 2. The third-order valence-electron chi connectivity index (χ3n) is 4.50. The predicted molar refractivity (Wildman–Crippen MR) is 96.0 cm³/mol. The molecule has 1 aliphatic heterocycles. The van der Waals surface area contributed by atoms with Crippen LogP contribution in [0.1, 0.15) is 33.4 Å². The molecule has 0 unspecified atom stereocenters. The highest BCUT2D eigenvalue weighted by atomic mass is 16.5. The Bertz CT molecular complexity index is 924. The molecule has 3 aromatic rings. The molecular weight excluding hydrogens is 346 g/mol. The number of aromatic nitrogens is 4. The van der Waals surface area contributed by atoms with Crippen LogP contribution in [0.5, 0.6) is 5.75 Å². The SMILES string of the molecule is COc1ccc([C@@H]2Cn3nnc(C(=O)NCc4ccncc4)c3CO2)cc1. The molecule has 0 aliphatic carbocycles. The molecule has 0 saturated carbocycles. The van der Waals surface area contributed by atoms with Crippen molar-refractivity contribution in [2.45, 2.75) is 25.8 Å². The van der Waals surface area contributed by atoms with Crippen LogP contribution in [0.3, 0.4) is 0 Å². The van der Waals surface area contributed by atoms with Gasteiger partial charge in [0.25, 0.3) is 5.91 Å². The van der Waals surface area contributed by atoms with Crippen LogP contribution < -0.4 is 10.1 Å². The summed E-state index contributed by atoms with van der Waals surface area (Å²) in [5.74, 6) is 0.531. The Morgan fingerprint density at radius 1 is 1.26 bits per heavy atom. The van der Waals surface area contributed by atoms with E-state index in [0.29, 0.717) is 24.5 Å². The van der Waals surface area contributed by atoms with E-state index in [9.17, 15) is 4.79 Å². The van der Waals surface area contributed by atoms with Gasteiger partial charge in [-0.3, -0.25) is 9.78 Å². The van der Waals surface area contributed by atoms with Crippen LogP contribution in [-0.2, 0) is 24.4 Å². The molecule has 1 atom stereocenters. The Hall–Kier alpha value is -3.26. The van der Waals surface area contributed by atoms with Crippen molar-refractivity contribution in [2.24, 2.45) is 0 Å². The maximum Gasteiger partial charge on any atom is 0.274 e. The molecule has 4 rings (SSSR count). The first-order valence-electron chi connectivity index (χ1n) is 8.59. The van der Waals surface area contributed by atoms with Crippen molar-refractivity contribution < 1.29 is 14.3 Å². The van der Waals surface area contributed by atoms with Crippen LogP contribution in [0.2, 0.25) is 0 Å². The number of benzene rings is 1. The number of fused-ring (bicyclic) bond motifs is 1. The average Bonchev–Trinajstić information content (AvgIpc) is 3.16. The van der Waals surface area contributed by atoms with Crippen LogP contribution in [0.15, 0.2) is 48.8 Å². The van der Waals surface area contributed by atoms with Crippen molar-refractivity contribution in [3.8, 4) is 5.75 Å². The second kappa shape index (κ2) is 7.55. The van der Waals surface area contributed by atoms with Crippen LogP contribution >= 0.6 is 0 Å². The summed E-state index contributed by atoms with van der Waals surface area (Å²) in [6.45, 7) is 1.19. The normalized spacial score (nSPS) is 15.8. The van der Waals surface area contributed by atoms with Crippen LogP contribution in [0.4, 0.5) is 0 Å². The molecule has 0 radical (unpaired) electrons. The zero-order valence-electron chi connectivity index (χ0n) is 14.8. The van der Waals surface area contributed by atoms with E-state index in [1.165, 1.54) is 0 Å². The summed E-state index contributed by atoms with van der Waals surface area (Å²) >= 11 is 0. The molecule has 1 N–H and O–H groups in total. The Morgan fingerprint density at radius 3 is 2.78 bits per heavy atom. The van der Waals surface area contributed by atoms with Gasteiger partial charge in [0.15, 0.2) is 5.69 Å². The van der Waals surface area contributed by atoms with Crippen LogP contribution in [-0.4, -0.2) is 33.0 Å². The number of hydrogen-bond donors (Lipinski definition) is 1. The minimum Gasteiger partial charge on any atom is -0.497 e. The number of nitrogens with one attached hydrogen (secondary N) is 1. The van der Waals surface area contributed by atoms with Gasteiger partial charge in [-0.1, -0.05) is 17.3 Å². The number of nitrogens with zero attached hydrogens (tertiary/aromatic N) is 4. The molecular formula is C19H19N5O3. The third kappa shape index (κ3) is 3.65. The Kier molecular flexibility index (Phi) is 4.80. The fourth-order valence-electron chi connectivity index (χ4n) is 2.97. The highest BCUT2D eigenvalue weighted by Crippen LogP contribution is 2.28. The van der Waals surface area contributed by atoms with Crippen molar-refractivity contribution in [1.29, 1.82) is 0 Å². The van der Waals surface area contributed by atoms with Gasteiger partial charge in [-0.25, -0.2) is 4.68 Å². The summed E-state index contributed by atoms with van der Waals surface area (Å²) in [6, 6.07) is 11.4. The molecule has 1 aromatic carbocycles. The minimum absolute atomic E-state index is 0.141. The first-order chi connectivity index (χ1) is 13.2. The number of hydrogen-bond acceptors (Lipinski definition) is 6. The van der Waals surface area contributed by atoms with E-state index in [4.69, 9.17) is 9.47 Å². The summed E-state index contributed by atoms with van der Waals surface area (Å²) in [7, 11) is 1.63. The second-order valence-corrected chi connectivity index (χ2v) is 6.18. The minimum atomic E-state index is -0.264. The van der Waals surface area contributed by atoms with E-state index in [0.717, 1.165) is 16.9 Å². The fourth-order valence-corrected chi connectivity index (χ4v) is 2.97. The van der Waals surface area contributed by atoms with Gasteiger partial charge in [-0.05, 0) is 35.4 Å². The molecule has 0 bridgehead atoms. The van der Waals surface area contributed by atoms with Gasteiger partial charge >= 0.3 is 0 Å². The lowest BCUT2D eigenvalue weighted by Crippen LogP contribution is -2.27. The lowest BCUT2D eigenvalue weighted by molar-refractivity contribution is -0.00179. The molecule has 2 aromatic heterocycles. The number of carbonyl (C=O) groups excluding carboxylic acids is 1. The van der Waals surface area contributed by atoms with Gasteiger partial charge < -0.3 is 14.8 Å². The van der Waals surface area contributed by atoms with Gasteiger partial charge in [0.05, 0.1) is 26.0 Å². The lowest BCUT2D eigenvalue weighted by Gasteiger charge is -2.24. The number of rotatable bonds is 5. The summed E-state index contributed by atoms with van der Waals surface area (Å²) < 4.78 is 12.9. The largest absolute Gasteiger partial charge is 0.497 e. The molecule has 27 heavy (non-hydrogen) atoms. The highest BCUT2D eigenvalue weighted by Gasteiger charge is 2.27. The van der Waals surface area contributed by atoms with E-state index < -0.39 is 0 Å². The Balaban J connectivity index is 1.44. The van der Waals surface area contributed by atoms with Crippen LogP contribution in [0.25, 0.3) is 0 Å². The maximum atomic E-state index is 12.5. The summed E-state index contributed by atoms with van der Waals surface area (Å²) in [5, 5.41) is 11.0. The first kappa shape index (κ1) is 17.2. The van der Waals surface area contributed by atoms with Crippen molar-refractivity contribution in [3.05, 3.63) is 71.3 Å². The molecule has 0 fully saturated rings. The molecule has 0 saturated heterocycles. The monoisotopic (exact) mass is 365 g/mol. The first-order valence-corrected chi connectivity index (χ1v) is 8.59. The zero-order valence-corrected chi connectivity index (χ0v) is 14.8. The number of carbonyl (C=O) groups is 1. The summed E-state index contributed by atoms with van der Waals surface area (Å²) in [6.07, 6.45) is 3.24. The standard InChI is InChI=1S/C19H19N5O3/c1-26-15-4-2-14(3-5-15)17-11-24-16(12-27-17)18(22-23-24)19(25)21-10-13-6-8-20-9-7-13/h2-9,17H,10-12H2,1H3,(H,21,25)/t17-/m0/s1. The number of pyridine rings is 1. The van der Waals surface area contributed by atoms with E-state index in [2.05, 4.69) is 20.6 Å². The van der Waals surface area contributed by atoms with Crippen molar-refractivity contribution in [3.63, 3.8) is 0 Å². The molecule has 3 heterocycles. The van der Waals surface area contributed by atoms with Crippen LogP contribution in [0, 0.1) is 0 Å². The molecule has 138 valence electrons. The molecule has 8 heteroatoms. The maximum absolute atomic E-state index is 12.5. The lowest BCUT2D eigenvalue weighted by atomic mass is 10.1. The topological polar surface area (TPSA) is 91.2 Å². The van der Waals surface area contributed by atoms with E-state index in [1.807, 2.05) is 36.4 Å². The van der Waals surface area contributed by atoms with Crippen molar-refractivity contribution in [1.82, 2.24) is 25.3 Å². The molecule has 0 spiro atoms. The van der Waals surface area contributed by atoms with Gasteiger partial charge in [-0.15, -0.1) is 5.10 Å². The highest BCUT2D eigenvalue weighted by molar-refractivity contribution is 5.93. The Morgan fingerprint density at radius 2 is 2.04 bits per heavy atom. The average molecular weight is 365 g/mol. The van der Waals surface area contributed by atoms with Gasteiger partial charge in [0.1, 0.15) is 11.9 Å². The molecule has 1 aliphatic rings. The van der Waals surface area contributed by atoms with Gasteiger partial charge in [-0.2, -0.15) is 0 Å². The smallest absolute Gasteiger partial charge is 0.274 e. The third-order valence-corrected chi connectivity index (χ3v) is 4.50. The molecule has 8 nitrogen and oxygen atoms in total. The summed E-state index contributed by atoms with van der Waals surface area (Å²) in [4.78, 5) is 16.4. The second-order valence-electron chi connectivity index (χ2n) is 6.18. The summed E-state index contributed by atoms with van der Waals surface area (Å²) in [5.41, 5.74) is 2.99. The predicted octanol–water partition coefficient (Wildman–Crippen LogP) is 1.88. The number of methoxy groups -OCH3 is 1. The van der Waals surface area contributed by atoms with Crippen molar-refractivity contribution in [2.75, 3.05) is 7.11 Å². The fraction of sp³-hybridized carbons (Fsp3) is 0.263. The quantitative estimate of drug-likeness (QED) is 0.742. The van der Waals surface area contributed by atoms with Crippen molar-refractivity contribution >= 4 is 5.91 Å². The number of amides is 1. The van der Waals surface area contributed by atoms with E-state index in [1.54, 1.807) is 24.2 Å². The zero-order chi connectivity index (χ0) is 18.6. The molecule has 1 amide bonds. The van der Waals surface area contributed by atoms with Gasteiger partial charge in [0, 0.05) is 18.9 Å².